The van der Waals surface area contributed by atoms with Crippen LogP contribution < -0.4 is 5.56 Å². The highest BCUT2D eigenvalue weighted by Gasteiger charge is 2.23. The Morgan fingerprint density at radius 1 is 1.24 bits per heavy atom. The molecule has 0 bridgehead atoms. The van der Waals surface area contributed by atoms with Gasteiger partial charge in [-0.3, -0.25) is 14.2 Å². The van der Waals surface area contributed by atoms with Crippen molar-refractivity contribution in [3.8, 4) is 5.69 Å². The summed E-state index contributed by atoms with van der Waals surface area (Å²) in [7, 11) is 1.90. The lowest BCUT2D eigenvalue weighted by atomic mass is 9.94. The van der Waals surface area contributed by atoms with Crippen LogP contribution in [0.4, 0.5) is 0 Å². The quantitative estimate of drug-likeness (QED) is 0.511. The number of aromatic amines is 1. The number of aryl methyl sites for hydroxylation is 1. The molecule has 0 aliphatic heterocycles. The molecule has 6 nitrogen and oxygen atoms in total. The Kier molecular flexibility index (Phi) is 5.76. The molecule has 0 atom stereocenters. The van der Waals surface area contributed by atoms with Crippen molar-refractivity contribution < 1.29 is 4.79 Å². The third-order valence-electron chi connectivity index (χ3n) is 5.61. The fraction of sp³-hybridized carbons (Fsp3) is 0.409. The fourth-order valence-electron chi connectivity index (χ4n) is 3.98. The van der Waals surface area contributed by atoms with Crippen LogP contribution in [-0.2, 0) is 4.79 Å². The van der Waals surface area contributed by atoms with Crippen molar-refractivity contribution in [1.29, 1.82) is 0 Å². The maximum atomic E-state index is 13.2. The predicted octanol–water partition coefficient (Wildman–Crippen LogP) is 3.91. The summed E-state index contributed by atoms with van der Waals surface area (Å²) in [5, 5.41) is 0.540. The number of amides is 1. The van der Waals surface area contributed by atoms with Crippen LogP contribution in [0.1, 0.15) is 37.8 Å². The Balaban J connectivity index is 1.64. The van der Waals surface area contributed by atoms with Crippen molar-refractivity contribution in [3.05, 3.63) is 52.4 Å². The number of nitrogens with zero attached hydrogens (tertiary/aromatic N) is 3. The summed E-state index contributed by atoms with van der Waals surface area (Å²) in [6.45, 7) is 1.91. The Morgan fingerprint density at radius 3 is 2.69 bits per heavy atom. The number of hydrogen-bond donors (Lipinski definition) is 1. The van der Waals surface area contributed by atoms with E-state index in [1.807, 2.05) is 55.3 Å². The monoisotopic (exact) mass is 410 g/mol. The number of benzene rings is 1. The van der Waals surface area contributed by atoms with Gasteiger partial charge in [0.15, 0.2) is 5.16 Å². The molecule has 7 heteroatoms. The number of carbonyl (C=O) groups is 1. The van der Waals surface area contributed by atoms with Gasteiger partial charge in [0, 0.05) is 18.8 Å². The van der Waals surface area contributed by atoms with Crippen LogP contribution in [-0.4, -0.2) is 44.2 Å². The Labute approximate surface area is 174 Å². The largest absolute Gasteiger partial charge is 0.353 e. The molecule has 1 fully saturated rings. The van der Waals surface area contributed by atoms with E-state index in [0.717, 1.165) is 24.2 Å². The van der Waals surface area contributed by atoms with E-state index in [1.165, 1.54) is 31.0 Å². The van der Waals surface area contributed by atoms with Crippen LogP contribution in [0.15, 0.2) is 46.3 Å². The normalized spacial score (nSPS) is 15.0. The van der Waals surface area contributed by atoms with Crippen molar-refractivity contribution in [2.45, 2.75) is 50.2 Å². The number of rotatable bonds is 5. The van der Waals surface area contributed by atoms with Crippen molar-refractivity contribution >= 4 is 28.7 Å². The third kappa shape index (κ3) is 4.10. The van der Waals surface area contributed by atoms with E-state index < -0.39 is 0 Å². The van der Waals surface area contributed by atoms with E-state index in [0.29, 0.717) is 22.2 Å². The van der Waals surface area contributed by atoms with Crippen LogP contribution >= 0.6 is 11.8 Å². The zero-order chi connectivity index (χ0) is 20.4. The molecular formula is C22H26N4O2S. The molecule has 0 unspecified atom stereocenters. The molecular weight excluding hydrogens is 384 g/mol. The number of fused-ring (bicyclic) bond motifs is 1. The molecule has 2 aromatic heterocycles. The fourth-order valence-corrected chi connectivity index (χ4v) is 4.92. The van der Waals surface area contributed by atoms with E-state index >= 15 is 0 Å². The molecule has 1 aromatic carbocycles. The third-order valence-corrected chi connectivity index (χ3v) is 6.53. The van der Waals surface area contributed by atoms with E-state index in [4.69, 9.17) is 4.98 Å². The minimum absolute atomic E-state index is 0.0844. The van der Waals surface area contributed by atoms with Gasteiger partial charge < -0.3 is 9.88 Å². The minimum atomic E-state index is -0.148. The molecule has 152 valence electrons. The second-order valence-corrected chi connectivity index (χ2v) is 8.61. The summed E-state index contributed by atoms with van der Waals surface area (Å²) in [6.07, 6.45) is 5.79. The van der Waals surface area contributed by atoms with Gasteiger partial charge in [-0.15, -0.1) is 0 Å². The zero-order valence-corrected chi connectivity index (χ0v) is 17.7. The minimum Gasteiger partial charge on any atom is -0.353 e. The smallest absolute Gasteiger partial charge is 0.283 e. The molecule has 1 aliphatic carbocycles. The van der Waals surface area contributed by atoms with Gasteiger partial charge in [-0.25, -0.2) is 4.98 Å². The molecule has 0 radical (unpaired) electrons. The molecule has 2 heterocycles. The van der Waals surface area contributed by atoms with Crippen LogP contribution in [0, 0.1) is 6.92 Å². The maximum absolute atomic E-state index is 13.2. The SMILES string of the molecule is Cc1cc2nc(SCC(=O)N(C)C3CCCCC3)n(-c3ccccc3)c(=O)c2[nH]1. The lowest BCUT2D eigenvalue weighted by Gasteiger charge is -2.31. The maximum Gasteiger partial charge on any atom is 0.283 e. The molecule has 1 amide bonds. The average Bonchev–Trinajstić information content (AvgIpc) is 3.13. The standard InChI is InChI=1S/C22H26N4O2S/c1-15-13-18-20(23-15)21(28)26(17-11-7-4-8-12-17)22(24-18)29-14-19(27)25(2)16-9-5-3-6-10-16/h4,7-8,11-13,16,23H,3,5-6,9-10,14H2,1-2H3. The summed E-state index contributed by atoms with van der Waals surface area (Å²) >= 11 is 1.33. The van der Waals surface area contributed by atoms with Crippen molar-refractivity contribution in [2.24, 2.45) is 0 Å². The van der Waals surface area contributed by atoms with E-state index in [-0.39, 0.29) is 17.2 Å². The Morgan fingerprint density at radius 2 is 1.97 bits per heavy atom. The lowest BCUT2D eigenvalue weighted by Crippen LogP contribution is -2.39. The molecule has 1 saturated carbocycles. The highest BCUT2D eigenvalue weighted by molar-refractivity contribution is 7.99. The zero-order valence-electron chi connectivity index (χ0n) is 16.9. The van der Waals surface area contributed by atoms with E-state index in [1.54, 1.807) is 4.57 Å². The second kappa shape index (κ2) is 8.45. The first-order valence-corrected chi connectivity index (χ1v) is 11.1. The Hall–Kier alpha value is -2.54. The number of para-hydroxylation sites is 1. The molecule has 29 heavy (non-hydrogen) atoms. The van der Waals surface area contributed by atoms with Gasteiger partial charge in [0.2, 0.25) is 5.91 Å². The summed E-state index contributed by atoms with van der Waals surface area (Å²) in [6, 6.07) is 11.7. The summed E-state index contributed by atoms with van der Waals surface area (Å²) in [5.41, 5.74) is 2.61. The first-order chi connectivity index (χ1) is 14.0. The van der Waals surface area contributed by atoms with Crippen molar-refractivity contribution in [3.63, 3.8) is 0 Å². The number of nitrogens with one attached hydrogen (secondary N) is 1. The molecule has 1 N–H and O–H groups in total. The number of H-pyrrole nitrogens is 1. The topological polar surface area (TPSA) is 71.0 Å². The van der Waals surface area contributed by atoms with Crippen LogP contribution in [0.2, 0.25) is 0 Å². The first-order valence-electron chi connectivity index (χ1n) is 10.1. The highest BCUT2D eigenvalue weighted by Crippen LogP contribution is 2.25. The summed E-state index contributed by atoms with van der Waals surface area (Å²) in [4.78, 5) is 35.7. The molecule has 0 spiro atoms. The van der Waals surface area contributed by atoms with Gasteiger partial charge in [-0.1, -0.05) is 49.2 Å². The predicted molar refractivity (Wildman–Crippen MR) is 117 cm³/mol. The van der Waals surface area contributed by atoms with Gasteiger partial charge in [0.25, 0.3) is 5.56 Å². The van der Waals surface area contributed by atoms with E-state index in [2.05, 4.69) is 4.98 Å². The molecule has 3 aromatic rings. The number of carbonyl (C=O) groups excluding carboxylic acids is 1. The van der Waals surface area contributed by atoms with Crippen LogP contribution in [0.3, 0.4) is 0 Å². The van der Waals surface area contributed by atoms with Gasteiger partial charge >= 0.3 is 0 Å². The van der Waals surface area contributed by atoms with Gasteiger partial charge in [0.05, 0.1) is 17.0 Å². The molecule has 0 saturated heterocycles. The van der Waals surface area contributed by atoms with Crippen molar-refractivity contribution in [2.75, 3.05) is 12.8 Å². The van der Waals surface area contributed by atoms with E-state index in [9.17, 15) is 9.59 Å². The summed E-state index contributed by atoms with van der Waals surface area (Å²) < 4.78 is 1.59. The molecule has 1 aliphatic rings. The van der Waals surface area contributed by atoms with Gasteiger partial charge in [0.1, 0.15) is 5.52 Å². The van der Waals surface area contributed by atoms with Crippen LogP contribution in [0.25, 0.3) is 16.7 Å². The second-order valence-electron chi connectivity index (χ2n) is 7.67. The average molecular weight is 411 g/mol. The van der Waals surface area contributed by atoms with Crippen LogP contribution in [0.5, 0.6) is 0 Å². The summed E-state index contributed by atoms with van der Waals surface area (Å²) in [5.74, 6) is 0.349. The molecule has 4 rings (SSSR count). The Bertz CT molecular complexity index is 1070. The lowest BCUT2D eigenvalue weighted by molar-refractivity contribution is -0.129. The number of hydrogen-bond acceptors (Lipinski definition) is 4. The van der Waals surface area contributed by atoms with Gasteiger partial charge in [-0.2, -0.15) is 0 Å². The number of thioether (sulfide) groups is 1. The number of aromatic nitrogens is 3. The van der Waals surface area contributed by atoms with Gasteiger partial charge in [-0.05, 0) is 38.0 Å². The highest BCUT2D eigenvalue weighted by atomic mass is 32.2. The van der Waals surface area contributed by atoms with Crippen molar-refractivity contribution in [1.82, 2.24) is 19.4 Å². The first kappa shape index (κ1) is 19.8.